The second-order valence-electron chi connectivity index (χ2n) is 3.07. The smallest absolute Gasteiger partial charge is 0.123 e. The summed E-state index contributed by atoms with van der Waals surface area (Å²) in [7, 11) is 3.03. The lowest BCUT2D eigenvalue weighted by Crippen LogP contribution is -1.74. The molecule has 4 heteroatoms. The molecular formula is C12H8F2S2. The molecule has 2 rings (SSSR count). The van der Waals surface area contributed by atoms with Crippen molar-refractivity contribution in [3.63, 3.8) is 0 Å². The Morgan fingerprint density at radius 1 is 0.562 bits per heavy atom. The van der Waals surface area contributed by atoms with E-state index in [1.165, 1.54) is 45.9 Å². The third-order valence-electron chi connectivity index (χ3n) is 1.86. The molecule has 0 bridgehead atoms. The van der Waals surface area contributed by atoms with E-state index in [0.717, 1.165) is 9.79 Å². The fourth-order valence-corrected chi connectivity index (χ4v) is 3.01. The molecule has 0 spiro atoms. The van der Waals surface area contributed by atoms with Crippen LogP contribution in [0.25, 0.3) is 0 Å². The molecule has 82 valence electrons. The van der Waals surface area contributed by atoms with E-state index in [9.17, 15) is 8.78 Å². The highest BCUT2D eigenvalue weighted by Crippen LogP contribution is 2.37. The maximum atomic E-state index is 12.6. The first-order valence-electron chi connectivity index (χ1n) is 4.60. The van der Waals surface area contributed by atoms with Gasteiger partial charge in [0.2, 0.25) is 0 Å². The molecule has 0 nitrogen and oxygen atoms in total. The molecule has 0 saturated heterocycles. The molecule has 0 fully saturated rings. The van der Waals surface area contributed by atoms with Gasteiger partial charge in [0.1, 0.15) is 11.6 Å². The minimum Gasteiger partial charge on any atom is -0.207 e. The highest BCUT2D eigenvalue weighted by atomic mass is 33.1. The van der Waals surface area contributed by atoms with E-state index in [1.54, 1.807) is 24.3 Å². The number of halogens is 2. The topological polar surface area (TPSA) is 0 Å². The van der Waals surface area contributed by atoms with E-state index in [-0.39, 0.29) is 11.6 Å². The lowest BCUT2D eigenvalue weighted by molar-refractivity contribution is 0.626. The first kappa shape index (κ1) is 11.5. The van der Waals surface area contributed by atoms with Crippen molar-refractivity contribution in [2.45, 2.75) is 9.79 Å². The molecule has 0 saturated carbocycles. The van der Waals surface area contributed by atoms with Crippen molar-refractivity contribution < 1.29 is 8.78 Å². The Morgan fingerprint density at radius 3 is 1.19 bits per heavy atom. The third kappa shape index (κ3) is 3.25. The van der Waals surface area contributed by atoms with Crippen molar-refractivity contribution in [3.05, 3.63) is 60.2 Å². The van der Waals surface area contributed by atoms with Crippen LogP contribution in [0.3, 0.4) is 0 Å². The Morgan fingerprint density at radius 2 is 0.875 bits per heavy atom. The van der Waals surface area contributed by atoms with Crippen molar-refractivity contribution in [1.29, 1.82) is 0 Å². The van der Waals surface area contributed by atoms with Crippen LogP contribution in [0.1, 0.15) is 0 Å². The number of hydrogen-bond acceptors (Lipinski definition) is 2. The molecule has 0 atom stereocenters. The standard InChI is InChI=1S/C12H8F2S2/c13-9-1-5-11(6-2-9)15-16-12-7-3-10(14)4-8-12/h1-8H. The predicted octanol–water partition coefficient (Wildman–Crippen LogP) is 4.76. The summed E-state index contributed by atoms with van der Waals surface area (Å²) < 4.78 is 25.3. The molecule has 0 aromatic heterocycles. The minimum absolute atomic E-state index is 0.240. The van der Waals surface area contributed by atoms with Gasteiger partial charge < -0.3 is 0 Å². The van der Waals surface area contributed by atoms with E-state index in [1.807, 2.05) is 0 Å². The fourth-order valence-electron chi connectivity index (χ4n) is 1.08. The first-order chi connectivity index (χ1) is 7.74. The van der Waals surface area contributed by atoms with Crippen LogP contribution in [-0.4, -0.2) is 0 Å². The van der Waals surface area contributed by atoms with Gasteiger partial charge >= 0.3 is 0 Å². The second kappa shape index (κ2) is 5.37. The lowest BCUT2D eigenvalue weighted by atomic mass is 10.4. The van der Waals surface area contributed by atoms with E-state index in [0.29, 0.717) is 0 Å². The van der Waals surface area contributed by atoms with Crippen molar-refractivity contribution in [1.82, 2.24) is 0 Å². The molecule has 0 aliphatic carbocycles. The SMILES string of the molecule is Fc1ccc(SSc2ccc(F)cc2)cc1. The maximum absolute atomic E-state index is 12.6. The van der Waals surface area contributed by atoms with Crippen molar-refractivity contribution in [2.24, 2.45) is 0 Å². The Kier molecular flexibility index (Phi) is 3.85. The summed E-state index contributed by atoms with van der Waals surface area (Å²) in [5, 5.41) is 0. The first-order valence-corrected chi connectivity index (χ1v) is 6.75. The molecule has 0 N–H and O–H groups in total. The van der Waals surface area contributed by atoms with Gasteiger partial charge in [0, 0.05) is 9.79 Å². The zero-order valence-corrected chi connectivity index (χ0v) is 9.82. The normalized spacial score (nSPS) is 10.4. The summed E-state index contributed by atoms with van der Waals surface area (Å²) in [5.74, 6) is -0.479. The Bertz CT molecular complexity index is 406. The van der Waals surface area contributed by atoms with Crippen LogP contribution in [-0.2, 0) is 0 Å². The van der Waals surface area contributed by atoms with Gasteiger partial charge in [-0.1, -0.05) is 21.6 Å². The molecule has 2 aromatic carbocycles. The van der Waals surface area contributed by atoms with E-state index in [2.05, 4.69) is 0 Å². The van der Waals surface area contributed by atoms with Gasteiger partial charge in [-0.2, -0.15) is 0 Å². The summed E-state index contributed by atoms with van der Waals surface area (Å²) in [6, 6.07) is 12.6. The maximum Gasteiger partial charge on any atom is 0.123 e. The average Bonchev–Trinajstić information content (AvgIpc) is 2.30. The number of hydrogen-bond donors (Lipinski definition) is 0. The Balaban J connectivity index is 1.97. The predicted molar refractivity (Wildman–Crippen MR) is 64.5 cm³/mol. The van der Waals surface area contributed by atoms with Gasteiger partial charge in [-0.3, -0.25) is 0 Å². The van der Waals surface area contributed by atoms with Crippen molar-refractivity contribution in [2.75, 3.05) is 0 Å². The highest BCUT2D eigenvalue weighted by molar-refractivity contribution is 8.76. The molecule has 16 heavy (non-hydrogen) atoms. The molecule has 0 aliphatic rings. The highest BCUT2D eigenvalue weighted by Gasteiger charge is 1.98. The average molecular weight is 254 g/mol. The summed E-state index contributed by atoms with van der Waals surface area (Å²) >= 11 is 0. The monoisotopic (exact) mass is 254 g/mol. The van der Waals surface area contributed by atoms with Crippen molar-refractivity contribution >= 4 is 21.6 Å². The largest absolute Gasteiger partial charge is 0.207 e. The van der Waals surface area contributed by atoms with Gasteiger partial charge in [-0.25, -0.2) is 8.78 Å². The Labute approximate surface area is 100 Å². The van der Waals surface area contributed by atoms with Gasteiger partial charge in [-0.05, 0) is 48.5 Å². The number of benzene rings is 2. The summed E-state index contributed by atoms with van der Waals surface area (Å²) in [6.45, 7) is 0. The van der Waals surface area contributed by atoms with Crippen LogP contribution in [0.2, 0.25) is 0 Å². The molecule has 0 unspecified atom stereocenters. The second-order valence-corrected chi connectivity index (χ2v) is 5.35. The van der Waals surface area contributed by atoms with Crippen LogP contribution in [0, 0.1) is 11.6 Å². The van der Waals surface area contributed by atoms with Crippen LogP contribution in [0.4, 0.5) is 8.78 Å². The number of rotatable bonds is 3. The summed E-state index contributed by atoms with van der Waals surface area (Å²) in [5.41, 5.74) is 0. The molecule has 0 heterocycles. The van der Waals surface area contributed by atoms with Gasteiger partial charge in [0.25, 0.3) is 0 Å². The van der Waals surface area contributed by atoms with Gasteiger partial charge in [-0.15, -0.1) is 0 Å². The zero-order chi connectivity index (χ0) is 11.4. The fraction of sp³-hybridized carbons (Fsp3) is 0. The van der Waals surface area contributed by atoms with Crippen LogP contribution >= 0.6 is 21.6 Å². The lowest BCUT2D eigenvalue weighted by Gasteiger charge is -2.00. The van der Waals surface area contributed by atoms with Crippen LogP contribution in [0.15, 0.2) is 58.3 Å². The molecule has 0 aliphatic heterocycles. The van der Waals surface area contributed by atoms with E-state index >= 15 is 0 Å². The molecular weight excluding hydrogens is 246 g/mol. The quantitative estimate of drug-likeness (QED) is 0.724. The Hall–Kier alpha value is -1.00. The minimum atomic E-state index is -0.240. The molecule has 2 aromatic rings. The zero-order valence-electron chi connectivity index (χ0n) is 8.19. The molecule has 0 amide bonds. The van der Waals surface area contributed by atoms with Crippen LogP contribution in [0.5, 0.6) is 0 Å². The van der Waals surface area contributed by atoms with Gasteiger partial charge in [0.05, 0.1) is 0 Å². The van der Waals surface area contributed by atoms with E-state index < -0.39 is 0 Å². The van der Waals surface area contributed by atoms with Crippen molar-refractivity contribution in [3.8, 4) is 0 Å². The van der Waals surface area contributed by atoms with Gasteiger partial charge in [0.15, 0.2) is 0 Å². The summed E-state index contributed by atoms with van der Waals surface area (Å²) in [6.07, 6.45) is 0. The van der Waals surface area contributed by atoms with Crippen LogP contribution < -0.4 is 0 Å². The molecule has 0 radical (unpaired) electrons. The summed E-state index contributed by atoms with van der Waals surface area (Å²) in [4.78, 5) is 1.94. The van der Waals surface area contributed by atoms with E-state index in [4.69, 9.17) is 0 Å². The third-order valence-corrected chi connectivity index (χ3v) is 4.28.